The van der Waals surface area contributed by atoms with Gasteiger partial charge in [0.1, 0.15) is 11.6 Å². The summed E-state index contributed by atoms with van der Waals surface area (Å²) < 4.78 is 4.70. The number of carbonyl (C=O) groups is 2. The van der Waals surface area contributed by atoms with Gasteiger partial charge in [-0.05, 0) is 42.2 Å². The zero-order valence-electron chi connectivity index (χ0n) is 12.9. The number of nitrogens with one attached hydrogen (secondary N) is 1. The number of hydrogen-bond donors (Lipinski definition) is 2. The van der Waals surface area contributed by atoms with Crippen LogP contribution in [0.3, 0.4) is 0 Å². The van der Waals surface area contributed by atoms with Crippen molar-refractivity contribution in [2.75, 3.05) is 0 Å². The summed E-state index contributed by atoms with van der Waals surface area (Å²) in [5.41, 5.74) is 2.94. The lowest BCUT2D eigenvalue weighted by molar-refractivity contribution is -0.139. The number of hydrogen-bond acceptors (Lipinski definition) is 5. The molecule has 7 heteroatoms. The van der Waals surface area contributed by atoms with Gasteiger partial charge in [0.15, 0.2) is 0 Å². The minimum Gasteiger partial charge on any atom is -0.480 e. The van der Waals surface area contributed by atoms with Gasteiger partial charge in [-0.15, -0.1) is 5.10 Å². The van der Waals surface area contributed by atoms with Crippen molar-refractivity contribution >= 4 is 33.6 Å². The molecule has 122 valence electrons. The fourth-order valence-electron chi connectivity index (χ4n) is 2.32. The highest BCUT2D eigenvalue weighted by atomic mass is 32.1. The van der Waals surface area contributed by atoms with Crippen LogP contribution in [0.5, 0.6) is 0 Å². The Morgan fingerprint density at radius 1 is 1.21 bits per heavy atom. The van der Waals surface area contributed by atoms with Crippen LogP contribution in [-0.2, 0) is 11.2 Å². The average Bonchev–Trinajstić information content (AvgIpc) is 3.03. The summed E-state index contributed by atoms with van der Waals surface area (Å²) in [6.07, 6.45) is 0.224. The summed E-state index contributed by atoms with van der Waals surface area (Å²) in [6.45, 7) is 1.96. The summed E-state index contributed by atoms with van der Waals surface area (Å²) >= 11 is 1.24. The van der Waals surface area contributed by atoms with Crippen molar-refractivity contribution < 1.29 is 14.7 Å². The van der Waals surface area contributed by atoms with Crippen LogP contribution in [0.4, 0.5) is 0 Å². The number of aryl methyl sites for hydroxylation is 1. The van der Waals surface area contributed by atoms with Crippen molar-refractivity contribution in [1.29, 1.82) is 0 Å². The molecule has 24 heavy (non-hydrogen) atoms. The molecular formula is C17H15N3O3S. The van der Waals surface area contributed by atoms with E-state index in [0.29, 0.717) is 11.1 Å². The molecule has 0 spiro atoms. The van der Waals surface area contributed by atoms with E-state index in [-0.39, 0.29) is 6.42 Å². The van der Waals surface area contributed by atoms with E-state index in [1.54, 1.807) is 18.2 Å². The number of carboxylic acid groups (broad SMARTS) is 1. The molecule has 0 unspecified atom stereocenters. The summed E-state index contributed by atoms with van der Waals surface area (Å²) in [4.78, 5) is 23.8. The average molecular weight is 341 g/mol. The van der Waals surface area contributed by atoms with E-state index >= 15 is 0 Å². The Balaban J connectivity index is 1.75. The molecule has 3 aromatic rings. The number of benzene rings is 2. The predicted molar refractivity (Wildman–Crippen MR) is 91.2 cm³/mol. The smallest absolute Gasteiger partial charge is 0.326 e. The minimum atomic E-state index is -1.07. The molecule has 0 saturated heterocycles. The van der Waals surface area contributed by atoms with Crippen LogP contribution in [0.2, 0.25) is 0 Å². The van der Waals surface area contributed by atoms with E-state index < -0.39 is 17.9 Å². The lowest BCUT2D eigenvalue weighted by Gasteiger charge is -2.15. The maximum Gasteiger partial charge on any atom is 0.326 e. The summed E-state index contributed by atoms with van der Waals surface area (Å²) in [5, 5.41) is 15.9. The molecule has 1 amide bonds. The molecule has 1 atom stereocenters. The predicted octanol–water partition coefficient (Wildman–Crippen LogP) is 2.43. The normalized spacial score (nSPS) is 12.0. The van der Waals surface area contributed by atoms with Gasteiger partial charge in [0.2, 0.25) is 0 Å². The van der Waals surface area contributed by atoms with Gasteiger partial charge in [0, 0.05) is 12.0 Å². The monoisotopic (exact) mass is 341 g/mol. The van der Waals surface area contributed by atoms with Crippen molar-refractivity contribution in [3.05, 3.63) is 59.2 Å². The third-order valence-corrected chi connectivity index (χ3v) is 4.38. The van der Waals surface area contributed by atoms with Gasteiger partial charge >= 0.3 is 5.97 Å². The zero-order valence-corrected chi connectivity index (χ0v) is 13.7. The zero-order chi connectivity index (χ0) is 17.1. The number of rotatable bonds is 5. The summed E-state index contributed by atoms with van der Waals surface area (Å²) in [5.74, 6) is -1.51. The van der Waals surface area contributed by atoms with E-state index in [0.717, 1.165) is 15.8 Å². The van der Waals surface area contributed by atoms with Gasteiger partial charge in [-0.3, -0.25) is 4.79 Å². The molecule has 0 radical (unpaired) electrons. The van der Waals surface area contributed by atoms with Crippen LogP contribution < -0.4 is 5.32 Å². The lowest BCUT2D eigenvalue weighted by atomic mass is 10.0. The Labute approximate surface area is 142 Å². The molecule has 2 aromatic carbocycles. The Kier molecular flexibility index (Phi) is 4.52. The first-order valence-corrected chi connectivity index (χ1v) is 8.11. The third kappa shape index (κ3) is 3.57. The molecule has 3 rings (SSSR count). The second kappa shape index (κ2) is 6.76. The second-order valence-corrected chi connectivity index (χ2v) is 6.30. The first kappa shape index (κ1) is 16.1. The van der Waals surface area contributed by atoms with Gasteiger partial charge in [0.05, 0.1) is 4.70 Å². The Morgan fingerprint density at radius 3 is 2.67 bits per heavy atom. The molecule has 1 aromatic heterocycles. The number of amides is 1. The number of fused-ring (bicyclic) bond motifs is 1. The molecule has 0 saturated carbocycles. The van der Waals surface area contributed by atoms with Crippen molar-refractivity contribution in [3.8, 4) is 0 Å². The highest BCUT2D eigenvalue weighted by molar-refractivity contribution is 7.12. The fraction of sp³-hybridized carbons (Fsp3) is 0.176. The highest BCUT2D eigenvalue weighted by Crippen LogP contribution is 2.17. The number of nitrogens with zero attached hydrogens (tertiary/aromatic N) is 2. The molecule has 1 heterocycles. The third-order valence-electron chi connectivity index (χ3n) is 3.67. The Bertz CT molecular complexity index is 889. The molecule has 2 N–H and O–H groups in total. The van der Waals surface area contributed by atoms with Gasteiger partial charge in [-0.25, -0.2) is 4.79 Å². The molecule has 6 nitrogen and oxygen atoms in total. The van der Waals surface area contributed by atoms with Crippen molar-refractivity contribution in [2.24, 2.45) is 0 Å². The summed E-state index contributed by atoms with van der Waals surface area (Å²) in [6, 6.07) is 11.6. The number of aliphatic carboxylic acids is 1. The maximum atomic E-state index is 12.4. The Hall–Kier alpha value is -2.80. The van der Waals surface area contributed by atoms with E-state index in [9.17, 15) is 14.7 Å². The SMILES string of the molecule is Cc1ccc(C[C@@H](NC(=O)c2ccc3snnc3c2)C(=O)O)cc1. The summed E-state index contributed by atoms with van der Waals surface area (Å²) in [7, 11) is 0. The number of carboxylic acids is 1. The van der Waals surface area contributed by atoms with E-state index in [1.165, 1.54) is 11.5 Å². The topological polar surface area (TPSA) is 92.2 Å². The minimum absolute atomic E-state index is 0.224. The molecule has 0 aliphatic carbocycles. The van der Waals surface area contributed by atoms with E-state index in [2.05, 4.69) is 14.9 Å². The van der Waals surface area contributed by atoms with E-state index in [1.807, 2.05) is 31.2 Å². The van der Waals surface area contributed by atoms with Gasteiger partial charge in [0.25, 0.3) is 5.91 Å². The Morgan fingerprint density at radius 2 is 1.96 bits per heavy atom. The molecule has 0 fully saturated rings. The van der Waals surface area contributed by atoms with Crippen LogP contribution in [0, 0.1) is 6.92 Å². The van der Waals surface area contributed by atoms with E-state index in [4.69, 9.17) is 0 Å². The standard InChI is InChI=1S/C17H15N3O3S/c1-10-2-4-11(5-3-10)8-14(17(22)23)18-16(21)12-6-7-15-13(9-12)19-20-24-15/h2-7,9,14H,8H2,1H3,(H,18,21)(H,22,23)/t14-/m1/s1. The lowest BCUT2D eigenvalue weighted by Crippen LogP contribution is -2.42. The van der Waals surface area contributed by atoms with Crippen LogP contribution in [-0.4, -0.2) is 32.6 Å². The highest BCUT2D eigenvalue weighted by Gasteiger charge is 2.21. The second-order valence-electron chi connectivity index (χ2n) is 5.51. The fourth-order valence-corrected chi connectivity index (χ4v) is 2.86. The first-order valence-electron chi connectivity index (χ1n) is 7.34. The van der Waals surface area contributed by atoms with Crippen LogP contribution in [0.25, 0.3) is 10.2 Å². The van der Waals surface area contributed by atoms with Crippen LogP contribution >= 0.6 is 11.5 Å². The van der Waals surface area contributed by atoms with Gasteiger partial charge < -0.3 is 10.4 Å². The van der Waals surface area contributed by atoms with Crippen molar-refractivity contribution in [3.63, 3.8) is 0 Å². The molecule has 0 aliphatic heterocycles. The number of aromatic nitrogens is 2. The van der Waals surface area contributed by atoms with Crippen LogP contribution in [0.15, 0.2) is 42.5 Å². The quantitative estimate of drug-likeness (QED) is 0.743. The van der Waals surface area contributed by atoms with Crippen molar-refractivity contribution in [1.82, 2.24) is 14.9 Å². The molecule has 0 aliphatic rings. The van der Waals surface area contributed by atoms with Gasteiger partial charge in [-0.2, -0.15) is 0 Å². The van der Waals surface area contributed by atoms with Gasteiger partial charge in [-0.1, -0.05) is 34.3 Å². The molecule has 0 bridgehead atoms. The van der Waals surface area contributed by atoms with Crippen LogP contribution in [0.1, 0.15) is 21.5 Å². The first-order chi connectivity index (χ1) is 11.5. The largest absolute Gasteiger partial charge is 0.480 e. The van der Waals surface area contributed by atoms with Crippen molar-refractivity contribution in [2.45, 2.75) is 19.4 Å². The molecular weight excluding hydrogens is 326 g/mol. The number of carbonyl (C=O) groups excluding carboxylic acids is 1. The maximum absolute atomic E-state index is 12.4.